The Kier molecular flexibility index (Phi) is 42.9. The first-order chi connectivity index (χ1) is 40.9. The molecule has 3 unspecified atom stereocenters. The first kappa shape index (κ1) is 75.0. The zero-order valence-electron chi connectivity index (χ0n) is 48.3. The van der Waals surface area contributed by atoms with Gasteiger partial charge < -0.3 is 77.1 Å². The van der Waals surface area contributed by atoms with Crippen LogP contribution in [0.2, 0.25) is 5.28 Å². The zero-order valence-corrected chi connectivity index (χ0v) is 50.8. The SMILES string of the molecule is C#C.CCC1CCC(n2ncc3c(NCc4ccc(NC)cc4)nc(Cl)nc32)O1.CF.COP(C)CP(O)O.O=CCCOCCOCCOCCOCc1cn(CCOCCOCCOCCOCCC(=O)Oc2ccc(F)cc2F)nn1. The molecule has 84 heavy (non-hydrogen) atoms. The highest BCUT2D eigenvalue weighted by Gasteiger charge is 2.28. The normalized spacial score (nSPS) is 13.8. The third-order valence-electron chi connectivity index (χ3n) is 11.1. The Labute approximate surface area is 496 Å². The number of anilines is 2. The molecular weight excluding hydrogens is 1170 g/mol. The largest absolute Gasteiger partial charge is 0.423 e. The summed E-state index contributed by atoms with van der Waals surface area (Å²) in [4.78, 5) is 47.4. The van der Waals surface area contributed by atoms with Gasteiger partial charge in [0.25, 0.3) is 0 Å². The van der Waals surface area contributed by atoms with Crippen LogP contribution >= 0.6 is 28.1 Å². The van der Waals surface area contributed by atoms with Gasteiger partial charge in [-0.3, -0.25) is 9.18 Å². The van der Waals surface area contributed by atoms with Crippen LogP contribution in [0.4, 0.5) is 24.7 Å². The van der Waals surface area contributed by atoms with Crippen molar-refractivity contribution in [3.05, 3.63) is 83.0 Å². The molecule has 1 fully saturated rings. The van der Waals surface area contributed by atoms with Crippen LogP contribution in [-0.4, -0.2) is 196 Å². The Hall–Kier alpha value is -5.11. The van der Waals surface area contributed by atoms with Crippen molar-refractivity contribution in [2.75, 3.05) is 144 Å². The van der Waals surface area contributed by atoms with Crippen molar-refractivity contribution >= 4 is 62.9 Å². The Morgan fingerprint density at radius 2 is 1.44 bits per heavy atom. The Balaban J connectivity index is 0.000000516. The summed E-state index contributed by atoms with van der Waals surface area (Å²) in [5, 5.41) is 20.1. The molecule has 4 N–H and O–H groups in total. The molecule has 1 aliphatic heterocycles. The number of halogens is 4. The molecule has 0 aliphatic carbocycles. The number of nitrogens with one attached hydrogen (secondary N) is 2. The van der Waals surface area contributed by atoms with Crippen molar-refractivity contribution in [1.82, 2.24) is 34.7 Å². The summed E-state index contributed by atoms with van der Waals surface area (Å²) in [6.45, 7) is 11.3. The number of esters is 1. The predicted molar refractivity (Wildman–Crippen MR) is 313 cm³/mol. The number of aldehydes is 1. The standard InChI is InChI=1S/C29H43F2N3O11.C19H23ClN6O.C3H10O3P2.C2H2.CH3F/c30-25-2-3-28(27(31)22-25)45-29(36)4-8-38-11-14-41-16-17-42-15-12-39-9-5-34-23-26(32-33-34)24-44-21-20-43-19-18-40-13-10-37-7-1-6-35;1-3-14-8-9-16(27-14)26-18-15(11-23-26)17(24-19(20)25-18)22-10-12-4-6-13(21-2)7-5-12;1-6-7(2)3-8(4)5;2*1-2/h2-3,6,22-23H,1,4-5,7-21,24H2;4-7,11,14,16,21H,3,8-10H2,1-2H3,(H,22,24,25);4-5H,3H2,1-2H3;1-2H;1H3. The van der Waals surface area contributed by atoms with E-state index in [2.05, 4.69) is 67.9 Å². The van der Waals surface area contributed by atoms with Gasteiger partial charge in [-0.1, -0.05) is 24.3 Å². The molecule has 1 saturated heterocycles. The highest BCUT2D eigenvalue weighted by Crippen LogP contribution is 2.43. The fraction of sp³-hybridized carbons (Fsp3) is 0.574. The van der Waals surface area contributed by atoms with E-state index in [0.29, 0.717) is 148 Å². The average molecular weight is 1250 g/mol. The second-order valence-corrected chi connectivity index (χ2v) is 20.9. The van der Waals surface area contributed by atoms with E-state index in [1.807, 2.05) is 30.5 Å². The van der Waals surface area contributed by atoms with E-state index >= 15 is 0 Å². The molecule has 3 atom stereocenters. The molecule has 0 bridgehead atoms. The van der Waals surface area contributed by atoms with E-state index in [-0.39, 0.29) is 43.0 Å². The van der Waals surface area contributed by atoms with Crippen LogP contribution in [0.5, 0.6) is 5.75 Å². The van der Waals surface area contributed by atoms with Crippen molar-refractivity contribution in [3.63, 3.8) is 0 Å². The van der Waals surface area contributed by atoms with Gasteiger partial charge in [0.2, 0.25) is 5.28 Å². The van der Waals surface area contributed by atoms with Crippen molar-refractivity contribution in [1.29, 1.82) is 0 Å². The predicted octanol–water partition coefficient (Wildman–Crippen LogP) is 7.74. The topological polar surface area (TPSA) is 274 Å². The quantitative estimate of drug-likeness (QED) is 0.00557. The molecule has 3 aromatic heterocycles. The second-order valence-electron chi connectivity index (χ2n) is 17.1. The smallest absolute Gasteiger partial charge is 0.313 e. The lowest BCUT2D eigenvalue weighted by atomic mass is 10.2. The molecule has 0 radical (unpaired) electrons. The van der Waals surface area contributed by atoms with E-state index < -0.39 is 34.1 Å². The lowest BCUT2D eigenvalue weighted by Gasteiger charge is -2.14. The first-order valence-electron chi connectivity index (χ1n) is 26.7. The van der Waals surface area contributed by atoms with Crippen LogP contribution in [0.15, 0.2) is 54.9 Å². The highest BCUT2D eigenvalue weighted by atomic mass is 35.5. The van der Waals surface area contributed by atoms with Crippen molar-refractivity contribution in [2.24, 2.45) is 0 Å². The van der Waals surface area contributed by atoms with Crippen LogP contribution in [0.25, 0.3) is 11.0 Å². The third kappa shape index (κ3) is 33.0. The number of nitrogens with zero attached hydrogens (tertiary/aromatic N) is 7. The molecule has 30 heteroatoms. The van der Waals surface area contributed by atoms with Crippen LogP contribution in [0.3, 0.4) is 0 Å². The van der Waals surface area contributed by atoms with Gasteiger partial charge in [-0.2, -0.15) is 15.1 Å². The summed E-state index contributed by atoms with van der Waals surface area (Å²) in [5.41, 5.74) is 3.64. The Bertz CT molecular complexity index is 2510. The van der Waals surface area contributed by atoms with Gasteiger partial charge in [-0.05, 0) is 67.4 Å². The molecule has 0 saturated carbocycles. The summed E-state index contributed by atoms with van der Waals surface area (Å²) < 4.78 is 98.2. The van der Waals surface area contributed by atoms with Crippen LogP contribution in [-0.2, 0) is 76.4 Å². The number of carbonyl (C=O) groups is 2. The van der Waals surface area contributed by atoms with Gasteiger partial charge in [0.05, 0.1) is 156 Å². The molecule has 470 valence electrons. The van der Waals surface area contributed by atoms with Gasteiger partial charge in [-0.25, -0.2) is 18.1 Å². The van der Waals surface area contributed by atoms with Crippen LogP contribution < -0.4 is 15.4 Å². The number of carbonyl (C=O) groups excluding carboxylic acids is 2. The van der Waals surface area contributed by atoms with Gasteiger partial charge >= 0.3 is 5.97 Å². The summed E-state index contributed by atoms with van der Waals surface area (Å²) in [6.07, 6.45) is 15.9. The number of hydrogen-bond donors (Lipinski definition) is 4. The zero-order chi connectivity index (χ0) is 61.6. The second kappa shape index (κ2) is 48.1. The Morgan fingerprint density at radius 1 is 0.845 bits per heavy atom. The summed E-state index contributed by atoms with van der Waals surface area (Å²) >= 11 is 6.18. The van der Waals surface area contributed by atoms with E-state index in [9.17, 15) is 22.8 Å². The molecule has 0 amide bonds. The maximum Gasteiger partial charge on any atom is 0.313 e. The Morgan fingerprint density at radius 3 is 1.99 bits per heavy atom. The molecule has 6 rings (SSSR count). The minimum absolute atomic E-state index is 0.0789. The molecule has 2 aromatic carbocycles. The van der Waals surface area contributed by atoms with Gasteiger partial charge in [0, 0.05) is 47.0 Å². The maximum absolute atomic E-state index is 13.5. The number of hydrogen-bond acceptors (Lipinski definition) is 22. The van der Waals surface area contributed by atoms with Crippen LogP contribution in [0, 0.1) is 24.5 Å². The van der Waals surface area contributed by atoms with Crippen molar-refractivity contribution in [3.8, 4) is 18.6 Å². The van der Waals surface area contributed by atoms with Crippen LogP contribution in [0.1, 0.15) is 56.5 Å². The van der Waals surface area contributed by atoms with E-state index in [4.69, 9.17) is 73.3 Å². The number of rotatable bonds is 39. The fourth-order valence-electron chi connectivity index (χ4n) is 6.91. The summed E-state index contributed by atoms with van der Waals surface area (Å²) in [7, 11) is 1.65. The maximum atomic E-state index is 13.5. The third-order valence-corrected chi connectivity index (χ3v) is 14.5. The number of benzene rings is 2. The first-order valence-corrected chi connectivity index (χ1v) is 30.4. The van der Waals surface area contributed by atoms with Gasteiger partial charge in [-0.15, -0.1) is 17.9 Å². The number of terminal acetylenes is 1. The molecule has 4 heterocycles. The minimum Gasteiger partial charge on any atom is -0.423 e. The minimum atomic E-state index is -1.74. The lowest BCUT2D eigenvalue weighted by Crippen LogP contribution is -2.15. The van der Waals surface area contributed by atoms with Crippen molar-refractivity contribution in [2.45, 2.75) is 71.1 Å². The molecule has 1 aliphatic rings. The van der Waals surface area contributed by atoms with Gasteiger partial charge in [0.15, 0.2) is 31.8 Å². The fourth-order valence-corrected chi connectivity index (χ4v) is 8.96. The lowest BCUT2D eigenvalue weighted by molar-refractivity contribution is -0.136. The number of alkyl halides is 1. The van der Waals surface area contributed by atoms with E-state index in [0.717, 1.165) is 54.3 Å². The molecular formula is C54H81ClF3N9O15P2. The van der Waals surface area contributed by atoms with Crippen molar-refractivity contribution < 1.29 is 84.4 Å². The number of ether oxygens (including phenoxy) is 10. The summed E-state index contributed by atoms with van der Waals surface area (Å²) in [5.74, 6) is -1.62. The average Bonchev–Trinajstić information content (AvgIpc) is 3.37. The number of aromatic nitrogens is 7. The summed E-state index contributed by atoms with van der Waals surface area (Å²) in [6, 6.07) is 10.9. The monoisotopic (exact) mass is 1250 g/mol. The van der Waals surface area contributed by atoms with Gasteiger partial charge in [0.1, 0.15) is 23.6 Å². The highest BCUT2D eigenvalue weighted by molar-refractivity contribution is 7.66. The van der Waals surface area contributed by atoms with E-state index in [1.54, 1.807) is 24.2 Å². The van der Waals surface area contributed by atoms with E-state index in [1.165, 1.54) is 0 Å². The molecule has 24 nitrogen and oxygen atoms in total. The molecule has 0 spiro atoms. The molecule has 5 aromatic rings. The number of fused-ring (bicyclic) bond motifs is 1.